The van der Waals surface area contributed by atoms with Crippen LogP contribution in [0, 0.1) is 12.7 Å². The van der Waals surface area contributed by atoms with Gasteiger partial charge in [-0.1, -0.05) is 28.9 Å². The number of benzene rings is 2. The van der Waals surface area contributed by atoms with Crippen LogP contribution < -0.4 is 11.2 Å². The number of aryl methyl sites for hydroxylation is 1. The quantitative estimate of drug-likeness (QED) is 0.430. The Balaban J connectivity index is 1.62. The summed E-state index contributed by atoms with van der Waals surface area (Å²) < 4.78 is 21.6. The molecule has 2 aromatic carbocycles. The van der Waals surface area contributed by atoms with Gasteiger partial charge in [0.25, 0.3) is 5.56 Å². The lowest BCUT2D eigenvalue weighted by atomic mass is 10.1. The van der Waals surface area contributed by atoms with Gasteiger partial charge in [-0.3, -0.25) is 9.36 Å². The first-order valence-electron chi connectivity index (χ1n) is 9.40. The number of hydrogen-bond acceptors (Lipinski definition) is 6. The number of thiophene rings is 1. The summed E-state index contributed by atoms with van der Waals surface area (Å²) in [6, 6.07) is 14.6. The van der Waals surface area contributed by atoms with Gasteiger partial charge in [-0.2, -0.15) is 4.98 Å². The minimum absolute atomic E-state index is 0.00758. The topological polar surface area (TPSA) is 82.9 Å². The third-order valence-electron chi connectivity index (χ3n) is 4.88. The van der Waals surface area contributed by atoms with Crippen molar-refractivity contribution in [1.29, 1.82) is 0 Å². The Labute approximate surface area is 178 Å². The zero-order valence-electron chi connectivity index (χ0n) is 16.3. The van der Waals surface area contributed by atoms with E-state index in [2.05, 4.69) is 10.1 Å². The zero-order chi connectivity index (χ0) is 21.5. The molecule has 0 bridgehead atoms. The summed E-state index contributed by atoms with van der Waals surface area (Å²) in [6.45, 7) is 1.96. The van der Waals surface area contributed by atoms with Crippen molar-refractivity contribution in [2.75, 3.05) is 0 Å². The second-order valence-corrected chi connectivity index (χ2v) is 7.92. The Bertz CT molecular complexity index is 1530. The average molecular weight is 434 g/mol. The molecule has 3 heterocycles. The molecule has 0 aliphatic heterocycles. The molecule has 0 fully saturated rings. The molecule has 0 radical (unpaired) electrons. The molecule has 154 valence electrons. The van der Waals surface area contributed by atoms with Crippen molar-refractivity contribution in [3.05, 3.63) is 98.1 Å². The molecule has 0 unspecified atom stereocenters. The summed E-state index contributed by atoms with van der Waals surface area (Å²) >= 11 is 1.23. The second-order valence-electron chi connectivity index (χ2n) is 7.00. The Morgan fingerprint density at radius 2 is 1.90 bits per heavy atom. The predicted molar refractivity (Wildman–Crippen MR) is 115 cm³/mol. The van der Waals surface area contributed by atoms with E-state index in [1.807, 2.05) is 31.2 Å². The monoisotopic (exact) mass is 434 g/mol. The number of halogens is 1. The molecular formula is C22H15FN4O3S. The van der Waals surface area contributed by atoms with Gasteiger partial charge in [-0.25, -0.2) is 13.8 Å². The molecule has 3 aromatic heterocycles. The summed E-state index contributed by atoms with van der Waals surface area (Å²) in [5, 5.41) is 5.76. The van der Waals surface area contributed by atoms with Crippen LogP contribution in [0.4, 0.5) is 4.39 Å². The first-order chi connectivity index (χ1) is 15.0. The van der Waals surface area contributed by atoms with Crippen molar-refractivity contribution in [2.45, 2.75) is 13.5 Å². The summed E-state index contributed by atoms with van der Waals surface area (Å²) in [4.78, 5) is 30.6. The maximum absolute atomic E-state index is 13.3. The lowest BCUT2D eigenvalue weighted by Gasteiger charge is -2.10. The van der Waals surface area contributed by atoms with Crippen molar-refractivity contribution >= 4 is 21.6 Å². The molecule has 0 N–H and O–H groups in total. The number of fused-ring (bicyclic) bond motifs is 1. The third-order valence-corrected chi connectivity index (χ3v) is 5.77. The maximum atomic E-state index is 13.3. The van der Waals surface area contributed by atoms with E-state index in [4.69, 9.17) is 4.52 Å². The van der Waals surface area contributed by atoms with Gasteiger partial charge in [0.15, 0.2) is 0 Å². The van der Waals surface area contributed by atoms with E-state index in [0.29, 0.717) is 16.0 Å². The molecule has 0 aliphatic carbocycles. The Morgan fingerprint density at radius 1 is 1.10 bits per heavy atom. The molecule has 0 aliphatic rings. The van der Waals surface area contributed by atoms with Crippen molar-refractivity contribution in [2.24, 2.45) is 0 Å². The van der Waals surface area contributed by atoms with Gasteiger partial charge in [0.05, 0.1) is 11.2 Å². The number of aromatic nitrogens is 4. The molecular weight excluding hydrogens is 419 g/mol. The third kappa shape index (κ3) is 3.38. The summed E-state index contributed by atoms with van der Waals surface area (Å²) in [7, 11) is 0. The van der Waals surface area contributed by atoms with Gasteiger partial charge in [-0.05, 0) is 48.7 Å². The first kappa shape index (κ1) is 19.1. The molecule has 7 nitrogen and oxygen atoms in total. The van der Waals surface area contributed by atoms with Crippen LogP contribution in [0.15, 0.2) is 74.1 Å². The molecule has 0 amide bonds. The predicted octanol–water partition coefficient (Wildman–Crippen LogP) is 3.76. The van der Waals surface area contributed by atoms with Crippen LogP contribution in [0.5, 0.6) is 0 Å². The van der Waals surface area contributed by atoms with Crippen molar-refractivity contribution in [3.8, 4) is 17.1 Å². The van der Waals surface area contributed by atoms with Gasteiger partial charge in [0, 0.05) is 5.56 Å². The standard InChI is InChI=1S/C22H15FN4O3S/c1-13-3-2-4-14(11-13)20-24-18(30-25-20)12-26-17-9-10-31-19(17)21(28)27(22(26)29)16-7-5-15(23)6-8-16/h2-11H,12H2,1H3. The smallest absolute Gasteiger partial charge is 0.336 e. The summed E-state index contributed by atoms with van der Waals surface area (Å²) in [6.07, 6.45) is 0. The van der Waals surface area contributed by atoms with E-state index in [1.165, 1.54) is 40.2 Å². The lowest BCUT2D eigenvalue weighted by molar-refractivity contribution is 0.370. The normalized spacial score (nSPS) is 11.3. The minimum Gasteiger partial charge on any atom is -0.337 e. The highest BCUT2D eigenvalue weighted by Gasteiger charge is 2.18. The van der Waals surface area contributed by atoms with Gasteiger partial charge in [0.2, 0.25) is 11.7 Å². The van der Waals surface area contributed by atoms with Crippen LogP contribution >= 0.6 is 11.3 Å². The minimum atomic E-state index is -0.571. The second kappa shape index (κ2) is 7.44. The summed E-state index contributed by atoms with van der Waals surface area (Å²) in [5.41, 5.74) is 1.60. The number of hydrogen-bond donors (Lipinski definition) is 0. The van der Waals surface area contributed by atoms with Crippen LogP contribution in [0.3, 0.4) is 0 Å². The maximum Gasteiger partial charge on any atom is 0.336 e. The molecule has 9 heteroatoms. The highest BCUT2D eigenvalue weighted by molar-refractivity contribution is 7.17. The number of nitrogens with zero attached hydrogens (tertiary/aromatic N) is 4. The largest absolute Gasteiger partial charge is 0.337 e. The number of rotatable bonds is 4. The van der Waals surface area contributed by atoms with E-state index in [0.717, 1.165) is 15.7 Å². The van der Waals surface area contributed by atoms with Crippen molar-refractivity contribution in [1.82, 2.24) is 19.3 Å². The van der Waals surface area contributed by atoms with Crippen molar-refractivity contribution in [3.63, 3.8) is 0 Å². The zero-order valence-corrected chi connectivity index (χ0v) is 17.1. The first-order valence-corrected chi connectivity index (χ1v) is 10.3. The molecule has 0 atom stereocenters. The van der Waals surface area contributed by atoms with E-state index in [-0.39, 0.29) is 18.1 Å². The van der Waals surface area contributed by atoms with Crippen LogP contribution in [-0.4, -0.2) is 19.3 Å². The average Bonchev–Trinajstić information content (AvgIpc) is 3.42. The van der Waals surface area contributed by atoms with Crippen LogP contribution in [-0.2, 0) is 6.54 Å². The van der Waals surface area contributed by atoms with E-state index >= 15 is 0 Å². The van der Waals surface area contributed by atoms with Crippen LogP contribution in [0.2, 0.25) is 0 Å². The molecule has 31 heavy (non-hydrogen) atoms. The van der Waals surface area contributed by atoms with E-state index in [1.54, 1.807) is 11.4 Å². The van der Waals surface area contributed by atoms with Crippen molar-refractivity contribution < 1.29 is 8.91 Å². The highest BCUT2D eigenvalue weighted by atomic mass is 32.1. The van der Waals surface area contributed by atoms with Gasteiger partial charge in [0.1, 0.15) is 17.1 Å². The van der Waals surface area contributed by atoms with E-state index < -0.39 is 17.1 Å². The molecule has 0 saturated heterocycles. The fourth-order valence-corrected chi connectivity index (χ4v) is 4.24. The molecule has 5 rings (SSSR count). The fourth-order valence-electron chi connectivity index (χ4n) is 3.41. The highest BCUT2D eigenvalue weighted by Crippen LogP contribution is 2.20. The molecule has 0 saturated carbocycles. The van der Waals surface area contributed by atoms with Crippen LogP contribution in [0.25, 0.3) is 27.3 Å². The molecule has 0 spiro atoms. The fraction of sp³-hybridized carbons (Fsp3) is 0.0909. The van der Waals surface area contributed by atoms with Gasteiger partial charge in [-0.15, -0.1) is 11.3 Å². The molecule has 5 aromatic rings. The van der Waals surface area contributed by atoms with Crippen LogP contribution in [0.1, 0.15) is 11.5 Å². The van der Waals surface area contributed by atoms with Gasteiger partial charge >= 0.3 is 5.69 Å². The Hall–Kier alpha value is -3.85. The van der Waals surface area contributed by atoms with Gasteiger partial charge < -0.3 is 4.52 Å². The Kier molecular flexibility index (Phi) is 4.59. The SMILES string of the molecule is Cc1cccc(-c2noc(Cn3c(=O)n(-c4ccc(F)cc4)c(=O)c4sccc43)n2)c1. The Morgan fingerprint density at radius 3 is 2.68 bits per heavy atom. The summed E-state index contributed by atoms with van der Waals surface area (Å²) in [5.74, 6) is 0.194. The van der Waals surface area contributed by atoms with E-state index in [9.17, 15) is 14.0 Å². The lowest BCUT2D eigenvalue weighted by Crippen LogP contribution is -2.38.